The Balaban J connectivity index is 1.68. The van der Waals surface area contributed by atoms with E-state index in [1.807, 2.05) is 6.26 Å². The second kappa shape index (κ2) is 8.53. The van der Waals surface area contributed by atoms with Crippen molar-refractivity contribution in [2.45, 2.75) is 37.0 Å². The van der Waals surface area contributed by atoms with Crippen molar-refractivity contribution >= 4 is 54.3 Å². The maximum atomic E-state index is 11.2. The second-order valence-corrected chi connectivity index (χ2v) is 9.85. The van der Waals surface area contributed by atoms with Gasteiger partial charge in [0.1, 0.15) is 41.7 Å². The van der Waals surface area contributed by atoms with Gasteiger partial charge in [-0.2, -0.15) is 0 Å². The maximum absolute atomic E-state index is 11.2. The molecule has 1 saturated heterocycles. The molecule has 0 saturated carbocycles. The molecular weight excluding hydrogens is 487 g/mol. The van der Waals surface area contributed by atoms with Crippen LogP contribution in [0.3, 0.4) is 0 Å². The number of anilines is 1. The number of hydrogen-bond donors (Lipinski definition) is 4. The van der Waals surface area contributed by atoms with Gasteiger partial charge in [0.2, 0.25) is 3.79 Å². The number of nitrogen functional groups attached to an aromatic ring is 1. The molecular formula is C15H22IN6O4S+. The van der Waals surface area contributed by atoms with Gasteiger partial charge in [-0.3, -0.25) is 9.36 Å². The number of aliphatic hydroxyl groups is 2. The summed E-state index contributed by atoms with van der Waals surface area (Å²) in [5, 5.41) is 20.9. The molecule has 0 radical (unpaired) electrons. The fourth-order valence-electron chi connectivity index (χ4n) is 2.96. The van der Waals surface area contributed by atoms with Crippen LogP contribution in [0.25, 0.3) is 11.2 Å². The fraction of sp³-hybridized carbons (Fsp3) is 0.600. The lowest BCUT2D eigenvalue weighted by Crippen LogP contribution is -2.36. The van der Waals surface area contributed by atoms with Gasteiger partial charge in [0.05, 0.1) is 18.6 Å². The summed E-state index contributed by atoms with van der Waals surface area (Å²) in [6.07, 6.45) is 1.86. The van der Waals surface area contributed by atoms with Crippen LogP contribution in [0.5, 0.6) is 0 Å². The Morgan fingerprint density at radius 3 is 2.85 bits per heavy atom. The molecule has 0 bridgehead atoms. The summed E-state index contributed by atoms with van der Waals surface area (Å²) in [5.74, 6) is 1.54. The molecule has 2 aromatic rings. The zero-order chi connectivity index (χ0) is 19.7. The number of carbonyl (C=O) groups excluding carboxylic acids is 1. The van der Waals surface area contributed by atoms with Crippen molar-refractivity contribution in [3.05, 3.63) is 12.7 Å². The van der Waals surface area contributed by atoms with E-state index in [0.29, 0.717) is 23.3 Å². The lowest BCUT2D eigenvalue weighted by Gasteiger charge is -2.16. The predicted octanol–water partition coefficient (Wildman–Crippen LogP) is -1.05. The average molecular weight is 509 g/mol. The molecule has 148 valence electrons. The van der Waals surface area contributed by atoms with Gasteiger partial charge >= 0.3 is 0 Å². The average Bonchev–Trinajstić information content (AvgIpc) is 3.17. The normalized spacial score (nSPS) is 27.7. The number of nitrogens with two attached hydrogens (primary N) is 2. The van der Waals surface area contributed by atoms with E-state index >= 15 is 0 Å². The Labute approximate surface area is 172 Å². The molecule has 0 aliphatic carbocycles. The first-order valence-corrected chi connectivity index (χ1v) is 11.3. The van der Waals surface area contributed by atoms with Gasteiger partial charge in [-0.25, -0.2) is 15.0 Å². The van der Waals surface area contributed by atoms with Crippen LogP contribution in [0.4, 0.5) is 5.82 Å². The third-order valence-electron chi connectivity index (χ3n) is 4.52. The molecule has 0 spiro atoms. The monoisotopic (exact) mass is 509 g/mol. The molecule has 1 unspecified atom stereocenters. The standard InChI is InChI=1S/C15H22IN6O4S/c1-27(3-2-7(17)12(16)25)4-8-10(23)11(24)15(26-8)22-6-21-9-13(18)19-5-20-14(9)22/h5-8,10-11,15,23-24H,2-4,17H2,1H3,(H2,18,19,20)/q+1/t7-,8+,10+,11+,15+,27?/m0/s1. The van der Waals surface area contributed by atoms with E-state index in [-0.39, 0.29) is 20.5 Å². The van der Waals surface area contributed by atoms with Gasteiger partial charge in [-0.1, -0.05) is 0 Å². The molecule has 1 aliphatic heterocycles. The topological polar surface area (TPSA) is 162 Å². The molecule has 2 aromatic heterocycles. The summed E-state index contributed by atoms with van der Waals surface area (Å²) in [5.41, 5.74) is 12.4. The Hall–Kier alpha value is -1.06. The van der Waals surface area contributed by atoms with E-state index in [1.54, 1.807) is 27.2 Å². The van der Waals surface area contributed by atoms with Crippen LogP contribution < -0.4 is 11.5 Å². The van der Waals surface area contributed by atoms with Crippen molar-refractivity contribution in [1.29, 1.82) is 0 Å². The molecule has 10 nitrogen and oxygen atoms in total. The Kier molecular flexibility index (Phi) is 6.53. The van der Waals surface area contributed by atoms with E-state index in [0.717, 1.165) is 5.75 Å². The summed E-state index contributed by atoms with van der Waals surface area (Å²) in [6.45, 7) is 0. The largest absolute Gasteiger partial charge is 0.387 e. The molecule has 1 aliphatic rings. The number of fused-ring (bicyclic) bond motifs is 1. The van der Waals surface area contributed by atoms with Crippen LogP contribution in [0, 0.1) is 0 Å². The van der Waals surface area contributed by atoms with Gasteiger partial charge < -0.3 is 26.4 Å². The number of imidazole rings is 1. The van der Waals surface area contributed by atoms with Gasteiger partial charge in [0, 0.05) is 29.0 Å². The minimum atomic E-state index is -1.13. The fourth-order valence-corrected chi connectivity index (χ4v) is 4.93. The van der Waals surface area contributed by atoms with Crippen LogP contribution >= 0.6 is 22.6 Å². The van der Waals surface area contributed by atoms with E-state index < -0.39 is 30.6 Å². The molecule has 0 amide bonds. The highest BCUT2D eigenvalue weighted by molar-refractivity contribution is 14.1. The van der Waals surface area contributed by atoms with Crippen LogP contribution in [-0.2, 0) is 20.4 Å². The van der Waals surface area contributed by atoms with E-state index in [9.17, 15) is 15.0 Å². The zero-order valence-corrected chi connectivity index (χ0v) is 17.6. The molecule has 0 aromatic carbocycles. The van der Waals surface area contributed by atoms with Gasteiger partial charge in [0.25, 0.3) is 0 Å². The first-order chi connectivity index (χ1) is 12.8. The van der Waals surface area contributed by atoms with Crippen molar-refractivity contribution in [1.82, 2.24) is 19.5 Å². The lowest BCUT2D eigenvalue weighted by atomic mass is 10.1. The minimum Gasteiger partial charge on any atom is -0.387 e. The summed E-state index contributed by atoms with van der Waals surface area (Å²) >= 11 is 1.70. The number of ether oxygens (including phenoxy) is 1. The highest BCUT2D eigenvalue weighted by atomic mass is 127. The van der Waals surface area contributed by atoms with E-state index in [1.165, 1.54) is 12.7 Å². The Bertz CT molecular complexity index is 823. The van der Waals surface area contributed by atoms with Gasteiger partial charge in [0.15, 0.2) is 17.7 Å². The number of aromatic nitrogens is 4. The quantitative estimate of drug-likeness (QED) is 0.207. The van der Waals surface area contributed by atoms with Crippen molar-refractivity contribution in [3.8, 4) is 0 Å². The van der Waals surface area contributed by atoms with Crippen molar-refractivity contribution in [3.63, 3.8) is 0 Å². The first kappa shape index (κ1) is 20.7. The molecule has 3 heterocycles. The lowest BCUT2D eigenvalue weighted by molar-refractivity contribution is -0.110. The number of aliphatic hydroxyl groups excluding tert-OH is 2. The highest BCUT2D eigenvalue weighted by Gasteiger charge is 2.46. The van der Waals surface area contributed by atoms with Crippen LogP contribution in [-0.4, -0.2) is 75.6 Å². The SMILES string of the molecule is C[S+](CC[C@H](N)C(=O)I)C[C@H]1O[C@@H](n2cnc3c(N)ncnc32)[C@H](O)[C@@H]1O. The minimum absolute atomic E-state index is 0.0644. The maximum Gasteiger partial charge on any atom is 0.209 e. The summed E-state index contributed by atoms with van der Waals surface area (Å²) in [4.78, 5) is 23.4. The molecule has 6 N–H and O–H groups in total. The Morgan fingerprint density at radius 2 is 2.15 bits per heavy atom. The van der Waals surface area contributed by atoms with Crippen molar-refractivity contribution in [2.24, 2.45) is 5.73 Å². The zero-order valence-electron chi connectivity index (χ0n) is 14.6. The number of rotatable bonds is 7. The number of carbonyl (C=O) groups is 1. The van der Waals surface area contributed by atoms with Crippen molar-refractivity contribution < 1.29 is 19.7 Å². The summed E-state index contributed by atoms with van der Waals surface area (Å²) in [7, 11) is -0.127. The van der Waals surface area contributed by atoms with Crippen LogP contribution in [0.15, 0.2) is 12.7 Å². The molecule has 1 fully saturated rings. The number of halogens is 1. The van der Waals surface area contributed by atoms with Gasteiger partial charge in [-0.15, -0.1) is 0 Å². The molecule has 27 heavy (non-hydrogen) atoms. The molecule has 6 atom stereocenters. The first-order valence-electron chi connectivity index (χ1n) is 8.28. The smallest absolute Gasteiger partial charge is 0.209 e. The highest BCUT2D eigenvalue weighted by Crippen LogP contribution is 2.32. The van der Waals surface area contributed by atoms with Crippen LogP contribution in [0.2, 0.25) is 0 Å². The molecule has 3 rings (SSSR count). The predicted molar refractivity (Wildman–Crippen MR) is 110 cm³/mol. The Morgan fingerprint density at radius 1 is 1.41 bits per heavy atom. The second-order valence-electron chi connectivity index (χ2n) is 6.48. The number of hydrogen-bond acceptors (Lipinski definition) is 9. The summed E-state index contributed by atoms with van der Waals surface area (Å²) < 4.78 is 7.42. The third-order valence-corrected chi connectivity index (χ3v) is 7.15. The van der Waals surface area contributed by atoms with Crippen LogP contribution in [0.1, 0.15) is 12.6 Å². The van der Waals surface area contributed by atoms with E-state index in [4.69, 9.17) is 16.2 Å². The van der Waals surface area contributed by atoms with E-state index in [2.05, 4.69) is 15.0 Å². The third kappa shape index (κ3) is 4.35. The summed E-state index contributed by atoms with van der Waals surface area (Å²) in [6, 6.07) is -0.476. The van der Waals surface area contributed by atoms with Crippen molar-refractivity contribution in [2.75, 3.05) is 23.5 Å². The number of nitrogens with zero attached hydrogens (tertiary/aromatic N) is 4. The van der Waals surface area contributed by atoms with Gasteiger partial charge in [-0.05, 0) is 10.9 Å². The molecule has 12 heteroatoms.